The highest BCUT2D eigenvalue weighted by Gasteiger charge is 2.64. The molecule has 3 heterocycles. The van der Waals surface area contributed by atoms with Crippen molar-refractivity contribution in [2.75, 3.05) is 59.0 Å². The van der Waals surface area contributed by atoms with E-state index in [9.17, 15) is 9.18 Å². The number of carbonyl (C=O) groups excluding carboxylic acids is 1. The molecule has 1 saturated carbocycles. The topological polar surface area (TPSA) is 61.8 Å². The first-order chi connectivity index (χ1) is 16.9. The highest BCUT2D eigenvalue weighted by molar-refractivity contribution is 5.77. The Hall–Kier alpha value is -2.58. The maximum Gasteiger partial charge on any atom is 0.320 e. The molecule has 0 unspecified atom stereocenters. The molecule has 2 aliphatic carbocycles. The van der Waals surface area contributed by atoms with Gasteiger partial charge < -0.3 is 14.5 Å². The minimum Gasteiger partial charge on any atom is -0.379 e. The van der Waals surface area contributed by atoms with Crippen LogP contribution in [0.25, 0.3) is 11.3 Å². The normalized spacial score (nSPS) is 27.6. The monoisotopic (exact) mass is 479 g/mol. The minimum absolute atomic E-state index is 0.0423. The summed E-state index contributed by atoms with van der Waals surface area (Å²) in [5.41, 5.74) is 3.02. The van der Waals surface area contributed by atoms with Crippen molar-refractivity contribution in [1.82, 2.24) is 24.9 Å². The fourth-order valence-corrected chi connectivity index (χ4v) is 6.98. The van der Waals surface area contributed by atoms with Gasteiger partial charge in [0.15, 0.2) is 0 Å². The molecule has 0 N–H and O–H groups in total. The van der Waals surface area contributed by atoms with Crippen LogP contribution in [0.3, 0.4) is 0 Å². The molecule has 4 aliphatic rings. The van der Waals surface area contributed by atoms with Crippen molar-refractivity contribution >= 4 is 6.03 Å². The van der Waals surface area contributed by atoms with Crippen molar-refractivity contribution in [1.29, 1.82) is 0 Å². The van der Waals surface area contributed by atoms with Crippen LogP contribution in [0.2, 0.25) is 0 Å². The zero-order chi connectivity index (χ0) is 24.2. The molecule has 3 fully saturated rings. The Morgan fingerprint density at radius 3 is 2.63 bits per heavy atom. The summed E-state index contributed by atoms with van der Waals surface area (Å²) in [4.78, 5) is 19.8. The van der Waals surface area contributed by atoms with Gasteiger partial charge in [0.1, 0.15) is 5.82 Å². The molecule has 35 heavy (non-hydrogen) atoms. The highest BCUT2D eigenvalue weighted by atomic mass is 19.1. The van der Waals surface area contributed by atoms with Crippen LogP contribution in [0.1, 0.15) is 43.9 Å². The predicted octanol–water partition coefficient (Wildman–Crippen LogP) is 3.51. The molecule has 2 saturated heterocycles. The van der Waals surface area contributed by atoms with Gasteiger partial charge in [0.05, 0.1) is 24.6 Å². The molecule has 7 nitrogen and oxygen atoms in total. The van der Waals surface area contributed by atoms with Crippen LogP contribution in [0, 0.1) is 11.2 Å². The van der Waals surface area contributed by atoms with E-state index >= 15 is 0 Å². The number of fused-ring (bicyclic) bond motifs is 5. The molecule has 2 amide bonds. The lowest BCUT2D eigenvalue weighted by atomic mass is 9.68. The van der Waals surface area contributed by atoms with Crippen molar-refractivity contribution in [2.24, 2.45) is 5.41 Å². The molecule has 0 spiro atoms. The first kappa shape index (κ1) is 22.9. The highest BCUT2D eigenvalue weighted by Crippen LogP contribution is 2.67. The van der Waals surface area contributed by atoms with Gasteiger partial charge >= 0.3 is 6.03 Å². The predicted molar refractivity (Wildman–Crippen MR) is 131 cm³/mol. The number of benzene rings is 1. The molecule has 0 radical (unpaired) electrons. The van der Waals surface area contributed by atoms with Crippen LogP contribution >= 0.6 is 0 Å². The standard InChI is InChI=1S/C27H34FN5O2/c1-26(2)21-7-8-27(26,24-20(21)17-23(29-30-24)19-5-3-4-6-22(19)28)18-33-12-11-32(25(33)34)10-9-31-13-15-35-16-14-31/h3-6,17,21H,7-16,18H2,1-2H3/t21-,27-/m1/s1. The lowest BCUT2D eigenvalue weighted by Crippen LogP contribution is -2.48. The van der Waals surface area contributed by atoms with E-state index in [1.165, 1.54) is 11.6 Å². The zero-order valence-corrected chi connectivity index (χ0v) is 20.7. The minimum atomic E-state index is -0.279. The van der Waals surface area contributed by atoms with E-state index in [1.807, 2.05) is 15.9 Å². The van der Waals surface area contributed by atoms with E-state index in [0.29, 0.717) is 23.7 Å². The van der Waals surface area contributed by atoms with Crippen LogP contribution in [-0.4, -0.2) is 90.0 Å². The third-order valence-corrected chi connectivity index (χ3v) is 9.20. The molecule has 6 rings (SSSR count). The number of rotatable bonds is 6. The van der Waals surface area contributed by atoms with E-state index < -0.39 is 0 Å². The van der Waals surface area contributed by atoms with Crippen LogP contribution in [0.4, 0.5) is 9.18 Å². The summed E-state index contributed by atoms with van der Waals surface area (Å²) in [7, 11) is 0. The second kappa shape index (κ2) is 8.52. The number of halogens is 1. The summed E-state index contributed by atoms with van der Waals surface area (Å²) < 4.78 is 19.9. The number of urea groups is 1. The average molecular weight is 480 g/mol. The Morgan fingerprint density at radius 2 is 1.83 bits per heavy atom. The smallest absolute Gasteiger partial charge is 0.320 e. The Kier molecular flexibility index (Phi) is 5.56. The summed E-state index contributed by atoms with van der Waals surface area (Å²) in [6.45, 7) is 11.9. The van der Waals surface area contributed by atoms with Crippen LogP contribution in [0.5, 0.6) is 0 Å². The van der Waals surface area contributed by atoms with E-state index in [1.54, 1.807) is 12.1 Å². The maximum absolute atomic E-state index is 14.4. The molecule has 2 aromatic rings. The quantitative estimate of drug-likeness (QED) is 0.635. The van der Waals surface area contributed by atoms with E-state index in [0.717, 1.165) is 71.0 Å². The molecule has 186 valence electrons. The first-order valence-corrected chi connectivity index (χ1v) is 12.9. The molecular formula is C27H34FN5O2. The van der Waals surface area contributed by atoms with Gasteiger partial charge in [-0.3, -0.25) is 4.90 Å². The number of carbonyl (C=O) groups is 1. The fraction of sp³-hybridized carbons (Fsp3) is 0.593. The second-order valence-corrected chi connectivity index (χ2v) is 11.1. The van der Waals surface area contributed by atoms with Crippen molar-refractivity contribution in [2.45, 2.75) is 38.0 Å². The molecule has 2 bridgehead atoms. The number of hydrogen-bond donors (Lipinski definition) is 0. The molecule has 1 aromatic carbocycles. The lowest BCUT2D eigenvalue weighted by Gasteiger charge is -2.40. The first-order valence-electron chi connectivity index (χ1n) is 12.9. The molecule has 2 aliphatic heterocycles. The number of aromatic nitrogens is 2. The number of morpholine rings is 1. The molecule has 8 heteroatoms. The third-order valence-electron chi connectivity index (χ3n) is 9.20. The van der Waals surface area contributed by atoms with Gasteiger partial charge in [-0.15, -0.1) is 0 Å². The summed E-state index contributed by atoms with van der Waals surface area (Å²) >= 11 is 0. The number of hydrogen-bond acceptors (Lipinski definition) is 5. The van der Waals surface area contributed by atoms with E-state index in [4.69, 9.17) is 9.84 Å². The summed E-state index contributed by atoms with van der Waals surface area (Å²) in [5, 5.41) is 9.21. The van der Waals surface area contributed by atoms with Gasteiger partial charge in [-0.1, -0.05) is 26.0 Å². The zero-order valence-electron chi connectivity index (χ0n) is 20.7. The summed E-state index contributed by atoms with van der Waals surface area (Å²) in [6, 6.07) is 8.93. The average Bonchev–Trinajstić information content (AvgIpc) is 3.40. The molecular weight excluding hydrogens is 445 g/mol. The van der Waals surface area contributed by atoms with Crippen LogP contribution in [0.15, 0.2) is 30.3 Å². The van der Waals surface area contributed by atoms with Crippen molar-refractivity contribution in [3.8, 4) is 11.3 Å². The van der Waals surface area contributed by atoms with Gasteiger partial charge in [-0.05, 0) is 47.9 Å². The van der Waals surface area contributed by atoms with Gasteiger partial charge in [-0.25, -0.2) is 9.18 Å². The molecule has 1 aromatic heterocycles. The van der Waals surface area contributed by atoms with Crippen molar-refractivity contribution in [3.63, 3.8) is 0 Å². The maximum atomic E-state index is 14.4. The second-order valence-electron chi connectivity index (χ2n) is 11.1. The summed E-state index contributed by atoms with van der Waals surface area (Å²) in [6.07, 6.45) is 2.06. The van der Waals surface area contributed by atoms with Gasteiger partial charge in [0, 0.05) is 56.8 Å². The number of ether oxygens (including phenoxy) is 1. The van der Waals surface area contributed by atoms with Crippen LogP contribution in [-0.2, 0) is 10.2 Å². The molecule has 2 atom stereocenters. The SMILES string of the molecule is CC1(C)[C@@H]2CC[C@@]1(CN1CCN(CCN3CCOCC3)C1=O)c1nnc(-c3ccccc3F)cc12. The number of amides is 2. The number of nitrogens with zero attached hydrogens (tertiary/aromatic N) is 5. The Bertz CT molecular complexity index is 1130. The van der Waals surface area contributed by atoms with E-state index in [2.05, 4.69) is 29.9 Å². The largest absolute Gasteiger partial charge is 0.379 e. The van der Waals surface area contributed by atoms with Gasteiger partial charge in [-0.2, -0.15) is 10.2 Å². The van der Waals surface area contributed by atoms with Crippen molar-refractivity contribution in [3.05, 3.63) is 47.4 Å². The lowest BCUT2D eigenvalue weighted by molar-refractivity contribution is 0.0354. The Balaban J connectivity index is 1.23. The summed E-state index contributed by atoms with van der Waals surface area (Å²) in [5.74, 6) is 0.0624. The third kappa shape index (κ3) is 3.56. The Morgan fingerprint density at radius 1 is 1.06 bits per heavy atom. The fourth-order valence-electron chi connectivity index (χ4n) is 6.98. The van der Waals surface area contributed by atoms with Crippen LogP contribution < -0.4 is 0 Å². The van der Waals surface area contributed by atoms with Gasteiger partial charge in [0.25, 0.3) is 0 Å². The van der Waals surface area contributed by atoms with Crippen molar-refractivity contribution < 1.29 is 13.9 Å². The van der Waals surface area contributed by atoms with Gasteiger partial charge in [0.2, 0.25) is 0 Å². The van der Waals surface area contributed by atoms with E-state index in [-0.39, 0.29) is 22.7 Å². The Labute approximate surface area is 206 Å².